The van der Waals surface area contributed by atoms with Gasteiger partial charge in [-0.2, -0.15) is 0 Å². The van der Waals surface area contributed by atoms with Crippen molar-refractivity contribution < 1.29 is 9.53 Å². The second-order valence-electron chi connectivity index (χ2n) is 6.87. The van der Waals surface area contributed by atoms with E-state index in [2.05, 4.69) is 36.9 Å². The van der Waals surface area contributed by atoms with Gasteiger partial charge in [0.2, 0.25) is 0 Å². The second-order valence-corrected chi connectivity index (χ2v) is 7.71. The summed E-state index contributed by atoms with van der Waals surface area (Å²) in [4.78, 5) is 17.0. The van der Waals surface area contributed by atoms with Gasteiger partial charge in [0, 0.05) is 36.9 Å². The number of rotatable bonds is 4. The molecule has 0 saturated carbocycles. The molecule has 0 spiro atoms. The molecule has 27 heavy (non-hydrogen) atoms. The lowest BCUT2D eigenvalue weighted by Crippen LogP contribution is -2.52. The van der Waals surface area contributed by atoms with Crippen molar-refractivity contribution in [3.63, 3.8) is 0 Å². The number of hydrogen-bond donors (Lipinski definition) is 0. The molecule has 0 bridgehead atoms. The van der Waals surface area contributed by atoms with Crippen molar-refractivity contribution in [2.45, 2.75) is 26.9 Å². The lowest BCUT2D eigenvalue weighted by Gasteiger charge is -2.38. The van der Waals surface area contributed by atoms with E-state index in [1.165, 1.54) is 16.8 Å². The number of aryl methyl sites for hydroxylation is 1. The molecule has 0 aliphatic carbocycles. The van der Waals surface area contributed by atoms with Crippen LogP contribution in [0.25, 0.3) is 0 Å². The van der Waals surface area contributed by atoms with Crippen molar-refractivity contribution in [1.82, 2.24) is 4.90 Å². The smallest absolute Gasteiger partial charge is 0.263 e. The predicted octanol–water partition coefficient (Wildman–Crippen LogP) is 4.73. The predicted molar refractivity (Wildman–Crippen MR) is 111 cm³/mol. The number of ether oxygens (including phenoxy) is 1. The zero-order chi connectivity index (χ0) is 19.6. The molecule has 4 nitrogen and oxygen atoms in total. The molecule has 144 valence electrons. The summed E-state index contributed by atoms with van der Waals surface area (Å²) in [7, 11) is 0. The molecule has 1 amide bonds. The summed E-state index contributed by atoms with van der Waals surface area (Å²) < 4.78 is 5.77. The number of benzene rings is 2. The van der Waals surface area contributed by atoms with Gasteiger partial charge in [-0.05, 0) is 56.2 Å². The van der Waals surface area contributed by atoms with Crippen LogP contribution >= 0.6 is 23.2 Å². The molecule has 0 unspecified atom stereocenters. The van der Waals surface area contributed by atoms with E-state index < -0.39 is 6.10 Å². The van der Waals surface area contributed by atoms with Crippen molar-refractivity contribution >= 4 is 34.8 Å². The first-order valence-corrected chi connectivity index (χ1v) is 9.84. The lowest BCUT2D eigenvalue weighted by atomic mass is 10.1. The first kappa shape index (κ1) is 19.8. The van der Waals surface area contributed by atoms with Gasteiger partial charge in [-0.25, -0.2) is 0 Å². The van der Waals surface area contributed by atoms with Crippen LogP contribution in [0.5, 0.6) is 5.75 Å². The molecule has 3 rings (SSSR count). The summed E-state index contributed by atoms with van der Waals surface area (Å²) in [5.41, 5.74) is 3.83. The monoisotopic (exact) mass is 406 g/mol. The molecular formula is C21H24Cl2N2O2. The number of piperazine rings is 1. The zero-order valence-electron chi connectivity index (χ0n) is 15.8. The summed E-state index contributed by atoms with van der Waals surface area (Å²) >= 11 is 12.0. The van der Waals surface area contributed by atoms with E-state index >= 15 is 0 Å². The van der Waals surface area contributed by atoms with Gasteiger partial charge in [-0.15, -0.1) is 0 Å². The fourth-order valence-corrected chi connectivity index (χ4v) is 3.77. The van der Waals surface area contributed by atoms with Crippen LogP contribution < -0.4 is 9.64 Å². The molecule has 1 heterocycles. The maximum Gasteiger partial charge on any atom is 0.263 e. The molecule has 0 radical (unpaired) electrons. The van der Waals surface area contributed by atoms with Crippen LogP contribution in [0.4, 0.5) is 5.69 Å². The topological polar surface area (TPSA) is 32.8 Å². The van der Waals surface area contributed by atoms with Crippen molar-refractivity contribution in [3.05, 3.63) is 57.6 Å². The first-order valence-electron chi connectivity index (χ1n) is 9.08. The van der Waals surface area contributed by atoms with Crippen molar-refractivity contribution in [3.8, 4) is 5.75 Å². The quantitative estimate of drug-likeness (QED) is 0.735. The normalized spacial score (nSPS) is 15.6. The third-order valence-corrected chi connectivity index (χ3v) is 5.58. The Kier molecular flexibility index (Phi) is 6.18. The lowest BCUT2D eigenvalue weighted by molar-refractivity contribution is -0.138. The van der Waals surface area contributed by atoms with Crippen LogP contribution in [-0.4, -0.2) is 43.1 Å². The molecule has 0 N–H and O–H groups in total. The first-order chi connectivity index (χ1) is 12.9. The van der Waals surface area contributed by atoms with Crippen molar-refractivity contribution in [1.29, 1.82) is 0 Å². The van der Waals surface area contributed by atoms with Crippen molar-refractivity contribution in [2.75, 3.05) is 31.1 Å². The Labute approximate surface area is 170 Å². The van der Waals surface area contributed by atoms with E-state index in [0.717, 1.165) is 13.1 Å². The fraction of sp³-hybridized carbons (Fsp3) is 0.381. The number of hydrogen-bond acceptors (Lipinski definition) is 3. The highest BCUT2D eigenvalue weighted by molar-refractivity contribution is 6.35. The summed E-state index contributed by atoms with van der Waals surface area (Å²) in [6.45, 7) is 9.00. The van der Waals surface area contributed by atoms with Crippen LogP contribution in [0, 0.1) is 13.8 Å². The Morgan fingerprint density at radius 1 is 1.07 bits per heavy atom. The van der Waals surface area contributed by atoms with Gasteiger partial charge < -0.3 is 14.5 Å². The molecule has 1 aliphatic rings. The SMILES string of the molecule is Cc1cccc(N2CCN(C(=O)[C@H](C)Oc3ccc(Cl)cc3Cl)CC2)c1C. The van der Waals surface area contributed by atoms with Gasteiger partial charge in [0.15, 0.2) is 6.10 Å². The Morgan fingerprint density at radius 2 is 1.78 bits per heavy atom. The average Bonchev–Trinajstić information content (AvgIpc) is 2.66. The summed E-state index contributed by atoms with van der Waals surface area (Å²) in [6, 6.07) is 11.4. The largest absolute Gasteiger partial charge is 0.479 e. The summed E-state index contributed by atoms with van der Waals surface area (Å²) in [5.74, 6) is 0.442. The zero-order valence-corrected chi connectivity index (χ0v) is 17.3. The maximum absolute atomic E-state index is 12.8. The average molecular weight is 407 g/mol. The Balaban J connectivity index is 1.60. The summed E-state index contributed by atoms with van der Waals surface area (Å²) in [6.07, 6.45) is -0.601. The highest BCUT2D eigenvalue weighted by Crippen LogP contribution is 2.29. The minimum atomic E-state index is -0.601. The van der Waals surface area contributed by atoms with Gasteiger partial charge in [0.1, 0.15) is 5.75 Å². The Hall–Kier alpha value is -1.91. The van der Waals surface area contributed by atoms with Crippen LogP contribution in [0.3, 0.4) is 0 Å². The molecule has 2 aromatic carbocycles. The minimum Gasteiger partial charge on any atom is -0.479 e. The molecule has 1 fully saturated rings. The van der Waals surface area contributed by atoms with Crippen LogP contribution in [0.15, 0.2) is 36.4 Å². The van der Waals surface area contributed by atoms with E-state index in [9.17, 15) is 4.79 Å². The molecule has 6 heteroatoms. The third kappa shape index (κ3) is 4.50. The molecule has 1 saturated heterocycles. The second kappa shape index (κ2) is 8.41. The van der Waals surface area contributed by atoms with Gasteiger partial charge in [-0.3, -0.25) is 4.79 Å². The number of nitrogens with zero attached hydrogens (tertiary/aromatic N) is 2. The van der Waals surface area contributed by atoms with E-state index in [1.54, 1.807) is 25.1 Å². The summed E-state index contributed by atoms with van der Waals surface area (Å²) in [5, 5.41) is 0.941. The minimum absolute atomic E-state index is 0.0263. The number of carbonyl (C=O) groups excluding carboxylic acids is 1. The Morgan fingerprint density at radius 3 is 2.44 bits per heavy atom. The fourth-order valence-electron chi connectivity index (χ4n) is 3.31. The number of halogens is 2. The third-order valence-electron chi connectivity index (χ3n) is 5.05. The molecular weight excluding hydrogens is 383 g/mol. The van der Waals surface area contributed by atoms with E-state index in [1.807, 2.05) is 4.90 Å². The molecule has 1 aliphatic heterocycles. The number of anilines is 1. The number of carbonyl (C=O) groups is 1. The highest BCUT2D eigenvalue weighted by atomic mass is 35.5. The van der Waals surface area contributed by atoms with Crippen LogP contribution in [0.1, 0.15) is 18.1 Å². The standard InChI is InChI=1S/C21H24Cl2N2O2/c1-14-5-4-6-19(15(14)2)24-9-11-25(12-10-24)21(26)16(3)27-20-8-7-17(22)13-18(20)23/h4-8,13,16H,9-12H2,1-3H3/t16-/m0/s1. The van der Waals surface area contributed by atoms with Gasteiger partial charge in [0.25, 0.3) is 5.91 Å². The van der Waals surface area contributed by atoms with Gasteiger partial charge >= 0.3 is 0 Å². The van der Waals surface area contributed by atoms with Crippen molar-refractivity contribution in [2.24, 2.45) is 0 Å². The van der Waals surface area contributed by atoms with Gasteiger partial charge in [0.05, 0.1) is 5.02 Å². The number of amides is 1. The molecule has 2 aromatic rings. The Bertz CT molecular complexity index is 833. The van der Waals surface area contributed by atoms with Crippen LogP contribution in [0.2, 0.25) is 10.0 Å². The van der Waals surface area contributed by atoms with Crippen LogP contribution in [-0.2, 0) is 4.79 Å². The molecule has 0 aromatic heterocycles. The molecule has 1 atom stereocenters. The van der Waals surface area contributed by atoms with E-state index in [-0.39, 0.29) is 5.91 Å². The van der Waals surface area contributed by atoms with Gasteiger partial charge in [-0.1, -0.05) is 35.3 Å². The van der Waals surface area contributed by atoms with E-state index in [4.69, 9.17) is 27.9 Å². The van der Waals surface area contributed by atoms with E-state index in [0.29, 0.717) is 28.9 Å². The maximum atomic E-state index is 12.8. The highest BCUT2D eigenvalue weighted by Gasteiger charge is 2.27.